The lowest BCUT2D eigenvalue weighted by Gasteiger charge is -2.27. The van der Waals surface area contributed by atoms with Crippen molar-refractivity contribution in [2.45, 2.75) is 51.1 Å². The highest BCUT2D eigenvalue weighted by molar-refractivity contribution is 5.02. The summed E-state index contributed by atoms with van der Waals surface area (Å²) in [5, 5.41) is 0. The fourth-order valence-electron chi connectivity index (χ4n) is 2.71. The van der Waals surface area contributed by atoms with Gasteiger partial charge in [-0.1, -0.05) is 0 Å². The lowest BCUT2D eigenvalue weighted by atomic mass is 9.89. The zero-order valence-electron chi connectivity index (χ0n) is 8.92. The maximum atomic E-state index is 6.04. The maximum absolute atomic E-state index is 6.04. The SMILES string of the molecule is CC(N)C1(CC2CCCN2C)CC1. The minimum atomic E-state index is 0.404. The Morgan fingerprint density at radius 3 is 2.62 bits per heavy atom. The Hall–Kier alpha value is -0.0800. The van der Waals surface area contributed by atoms with Gasteiger partial charge < -0.3 is 10.6 Å². The molecule has 2 atom stereocenters. The third kappa shape index (κ3) is 1.75. The minimum Gasteiger partial charge on any atom is -0.327 e. The van der Waals surface area contributed by atoms with Gasteiger partial charge in [0.1, 0.15) is 0 Å². The molecule has 13 heavy (non-hydrogen) atoms. The molecule has 2 nitrogen and oxygen atoms in total. The highest BCUT2D eigenvalue weighted by atomic mass is 15.1. The molecule has 0 aromatic carbocycles. The van der Waals surface area contributed by atoms with Crippen molar-refractivity contribution in [1.29, 1.82) is 0 Å². The summed E-state index contributed by atoms with van der Waals surface area (Å²) >= 11 is 0. The molecule has 2 aliphatic rings. The van der Waals surface area contributed by atoms with E-state index in [1.54, 1.807) is 0 Å². The van der Waals surface area contributed by atoms with Crippen molar-refractivity contribution in [2.75, 3.05) is 13.6 Å². The largest absolute Gasteiger partial charge is 0.327 e. The quantitative estimate of drug-likeness (QED) is 0.718. The van der Waals surface area contributed by atoms with Gasteiger partial charge in [0.2, 0.25) is 0 Å². The van der Waals surface area contributed by atoms with Crippen LogP contribution >= 0.6 is 0 Å². The number of rotatable bonds is 3. The fraction of sp³-hybridized carbons (Fsp3) is 1.00. The van der Waals surface area contributed by atoms with Gasteiger partial charge in [-0.05, 0) is 58.0 Å². The summed E-state index contributed by atoms with van der Waals surface area (Å²) in [4.78, 5) is 2.52. The van der Waals surface area contributed by atoms with Crippen LogP contribution in [0.2, 0.25) is 0 Å². The van der Waals surface area contributed by atoms with Crippen molar-refractivity contribution in [3.8, 4) is 0 Å². The summed E-state index contributed by atoms with van der Waals surface area (Å²) in [5.74, 6) is 0. The van der Waals surface area contributed by atoms with Crippen LogP contribution in [-0.2, 0) is 0 Å². The Balaban J connectivity index is 1.90. The van der Waals surface area contributed by atoms with Gasteiger partial charge in [-0.3, -0.25) is 0 Å². The number of nitrogens with two attached hydrogens (primary N) is 1. The molecule has 2 fully saturated rings. The first-order valence-electron chi connectivity index (χ1n) is 5.60. The molecule has 0 bridgehead atoms. The lowest BCUT2D eigenvalue weighted by Crippen LogP contribution is -2.35. The molecule has 0 amide bonds. The van der Waals surface area contributed by atoms with E-state index in [2.05, 4.69) is 18.9 Å². The van der Waals surface area contributed by atoms with Crippen molar-refractivity contribution >= 4 is 0 Å². The number of likely N-dealkylation sites (tertiary alicyclic amines) is 1. The summed E-state index contributed by atoms with van der Waals surface area (Å²) in [5.41, 5.74) is 6.57. The Morgan fingerprint density at radius 2 is 2.23 bits per heavy atom. The minimum absolute atomic E-state index is 0.404. The molecular formula is C11H22N2. The van der Waals surface area contributed by atoms with Gasteiger partial charge in [-0.25, -0.2) is 0 Å². The van der Waals surface area contributed by atoms with E-state index in [4.69, 9.17) is 5.73 Å². The van der Waals surface area contributed by atoms with Gasteiger partial charge >= 0.3 is 0 Å². The summed E-state index contributed by atoms with van der Waals surface area (Å²) in [7, 11) is 2.26. The van der Waals surface area contributed by atoms with Gasteiger partial charge in [0.05, 0.1) is 0 Å². The first-order chi connectivity index (χ1) is 6.14. The van der Waals surface area contributed by atoms with Gasteiger partial charge in [-0.15, -0.1) is 0 Å². The first kappa shape index (κ1) is 9.47. The highest BCUT2D eigenvalue weighted by Gasteiger charge is 2.47. The van der Waals surface area contributed by atoms with Crippen LogP contribution in [0.15, 0.2) is 0 Å². The van der Waals surface area contributed by atoms with E-state index in [1.807, 2.05) is 0 Å². The molecule has 76 valence electrons. The molecule has 2 rings (SSSR count). The van der Waals surface area contributed by atoms with Gasteiger partial charge in [0.15, 0.2) is 0 Å². The van der Waals surface area contributed by atoms with Gasteiger partial charge in [0, 0.05) is 12.1 Å². The Bertz CT molecular complexity index is 185. The maximum Gasteiger partial charge on any atom is 0.00985 e. The Morgan fingerprint density at radius 1 is 1.54 bits per heavy atom. The van der Waals surface area contributed by atoms with Crippen LogP contribution in [0.1, 0.15) is 39.0 Å². The smallest absolute Gasteiger partial charge is 0.00985 e. The van der Waals surface area contributed by atoms with E-state index in [1.165, 1.54) is 38.6 Å². The zero-order chi connectivity index (χ0) is 9.47. The van der Waals surface area contributed by atoms with Crippen molar-refractivity contribution in [1.82, 2.24) is 4.90 Å². The van der Waals surface area contributed by atoms with Gasteiger partial charge in [-0.2, -0.15) is 0 Å². The first-order valence-corrected chi connectivity index (χ1v) is 5.60. The topological polar surface area (TPSA) is 29.3 Å². The predicted molar refractivity (Wildman–Crippen MR) is 55.6 cm³/mol. The van der Waals surface area contributed by atoms with Crippen LogP contribution in [0.3, 0.4) is 0 Å². The number of hydrogen-bond acceptors (Lipinski definition) is 2. The molecule has 0 spiro atoms. The van der Waals surface area contributed by atoms with Crippen LogP contribution in [0.5, 0.6) is 0 Å². The van der Waals surface area contributed by atoms with E-state index < -0.39 is 0 Å². The van der Waals surface area contributed by atoms with Crippen molar-refractivity contribution < 1.29 is 0 Å². The van der Waals surface area contributed by atoms with Crippen LogP contribution in [0, 0.1) is 5.41 Å². The van der Waals surface area contributed by atoms with E-state index in [0.717, 1.165) is 6.04 Å². The second-order valence-electron chi connectivity index (χ2n) is 5.13. The van der Waals surface area contributed by atoms with Crippen molar-refractivity contribution in [3.63, 3.8) is 0 Å². The number of hydrogen-bond donors (Lipinski definition) is 1. The normalized spacial score (nSPS) is 34.8. The fourth-order valence-corrected chi connectivity index (χ4v) is 2.71. The average molecular weight is 182 g/mol. The molecular weight excluding hydrogens is 160 g/mol. The molecule has 1 saturated heterocycles. The Labute approximate surface area is 81.5 Å². The second-order valence-corrected chi connectivity index (χ2v) is 5.13. The summed E-state index contributed by atoms with van der Waals surface area (Å²) in [6.45, 7) is 3.47. The summed E-state index contributed by atoms with van der Waals surface area (Å²) in [6.07, 6.45) is 6.87. The summed E-state index contributed by atoms with van der Waals surface area (Å²) in [6, 6.07) is 1.23. The van der Waals surface area contributed by atoms with E-state index in [-0.39, 0.29) is 0 Å². The molecule has 2 N–H and O–H groups in total. The van der Waals surface area contributed by atoms with E-state index in [0.29, 0.717) is 11.5 Å². The van der Waals surface area contributed by atoms with E-state index in [9.17, 15) is 0 Å². The molecule has 1 aliphatic carbocycles. The van der Waals surface area contributed by atoms with Crippen LogP contribution in [-0.4, -0.2) is 30.6 Å². The second kappa shape index (κ2) is 3.25. The summed E-state index contributed by atoms with van der Waals surface area (Å²) < 4.78 is 0. The molecule has 0 aromatic heterocycles. The molecule has 0 radical (unpaired) electrons. The monoisotopic (exact) mass is 182 g/mol. The van der Waals surface area contributed by atoms with Gasteiger partial charge in [0.25, 0.3) is 0 Å². The molecule has 0 aromatic rings. The molecule has 2 heteroatoms. The highest BCUT2D eigenvalue weighted by Crippen LogP contribution is 2.52. The molecule has 1 heterocycles. The van der Waals surface area contributed by atoms with Crippen molar-refractivity contribution in [2.24, 2.45) is 11.1 Å². The van der Waals surface area contributed by atoms with Crippen LogP contribution < -0.4 is 5.73 Å². The number of nitrogens with zero attached hydrogens (tertiary/aromatic N) is 1. The Kier molecular flexibility index (Phi) is 2.37. The van der Waals surface area contributed by atoms with Crippen LogP contribution in [0.4, 0.5) is 0 Å². The average Bonchev–Trinajstić information content (AvgIpc) is 2.74. The van der Waals surface area contributed by atoms with E-state index >= 15 is 0 Å². The third-order valence-corrected chi connectivity index (χ3v) is 4.17. The molecule has 1 saturated carbocycles. The lowest BCUT2D eigenvalue weighted by molar-refractivity contribution is 0.235. The molecule has 1 aliphatic heterocycles. The predicted octanol–water partition coefficient (Wildman–Crippen LogP) is 1.60. The van der Waals surface area contributed by atoms with Crippen molar-refractivity contribution in [3.05, 3.63) is 0 Å². The van der Waals surface area contributed by atoms with Crippen LogP contribution in [0.25, 0.3) is 0 Å². The standard InChI is InChI=1S/C11H22N2/c1-9(12)11(5-6-11)8-10-4-3-7-13(10)2/h9-10H,3-8,12H2,1-2H3. The molecule has 2 unspecified atom stereocenters. The zero-order valence-corrected chi connectivity index (χ0v) is 8.92. The third-order valence-electron chi connectivity index (χ3n) is 4.17.